The molecule has 2 N–H and O–H groups in total. The van der Waals surface area contributed by atoms with Crippen molar-refractivity contribution in [2.45, 2.75) is 32.2 Å². The lowest BCUT2D eigenvalue weighted by molar-refractivity contribution is -0.136. The zero-order valence-corrected chi connectivity index (χ0v) is 10.8. The summed E-state index contributed by atoms with van der Waals surface area (Å²) < 4.78 is 0. The van der Waals surface area contributed by atoms with E-state index in [1.165, 1.54) is 0 Å². The Hall–Kier alpha value is -0.220. The minimum absolute atomic E-state index is 0.277. The van der Waals surface area contributed by atoms with Crippen LogP contribution < -0.4 is 5.73 Å². The minimum atomic E-state index is 0.277. The monoisotopic (exact) mass is 242 g/mol. The van der Waals surface area contributed by atoms with Crippen LogP contribution in [0.25, 0.3) is 0 Å². The van der Waals surface area contributed by atoms with E-state index in [-0.39, 0.29) is 6.04 Å². The van der Waals surface area contributed by atoms with Gasteiger partial charge in [-0.3, -0.25) is 4.79 Å². The normalized spacial score (nSPS) is 29.4. The Labute approximate surface area is 102 Å². The van der Waals surface area contributed by atoms with Gasteiger partial charge >= 0.3 is 0 Å². The fourth-order valence-corrected chi connectivity index (χ4v) is 3.84. The van der Waals surface area contributed by atoms with Gasteiger partial charge in [-0.25, -0.2) is 0 Å². The van der Waals surface area contributed by atoms with Gasteiger partial charge in [-0.1, -0.05) is 0 Å². The number of nitrogens with zero attached hydrogens (tertiary/aromatic N) is 1. The molecule has 0 saturated carbocycles. The van der Waals surface area contributed by atoms with Crippen LogP contribution in [0.4, 0.5) is 0 Å². The molecule has 0 aromatic rings. The smallest absolute Gasteiger partial charge is 0.226 e. The number of carbonyl (C=O) groups is 1. The predicted molar refractivity (Wildman–Crippen MR) is 68.4 cm³/mol. The Balaban J connectivity index is 1.81. The van der Waals surface area contributed by atoms with E-state index in [1.54, 1.807) is 0 Å². The maximum absolute atomic E-state index is 12.2. The Morgan fingerprint density at radius 2 is 2.06 bits per heavy atom. The van der Waals surface area contributed by atoms with E-state index in [4.69, 9.17) is 5.73 Å². The van der Waals surface area contributed by atoms with Gasteiger partial charge in [0.15, 0.2) is 0 Å². The lowest BCUT2D eigenvalue weighted by Crippen LogP contribution is -2.44. The van der Waals surface area contributed by atoms with Crippen molar-refractivity contribution in [3.63, 3.8) is 0 Å². The predicted octanol–water partition coefficient (Wildman–Crippen LogP) is 1.33. The van der Waals surface area contributed by atoms with Crippen LogP contribution in [-0.2, 0) is 4.79 Å². The first-order chi connectivity index (χ1) is 7.68. The highest BCUT2D eigenvalue weighted by Crippen LogP contribution is 2.27. The third-order valence-corrected chi connectivity index (χ3v) is 5.04. The zero-order chi connectivity index (χ0) is 11.5. The summed E-state index contributed by atoms with van der Waals surface area (Å²) in [6, 6.07) is 0.277. The minimum Gasteiger partial charge on any atom is -0.342 e. The quantitative estimate of drug-likeness (QED) is 0.794. The Morgan fingerprint density at radius 1 is 1.38 bits per heavy atom. The standard InChI is InChI=1S/C12H22N2OS/c1-9(13)10-2-5-14(6-3-10)12(15)11-4-7-16-8-11/h9-11H,2-8,13H2,1H3. The maximum Gasteiger partial charge on any atom is 0.226 e. The van der Waals surface area contributed by atoms with E-state index in [0.717, 1.165) is 43.9 Å². The number of thioether (sulfide) groups is 1. The second kappa shape index (κ2) is 5.41. The van der Waals surface area contributed by atoms with Crippen LogP contribution in [0.3, 0.4) is 0 Å². The van der Waals surface area contributed by atoms with Gasteiger partial charge in [0.1, 0.15) is 0 Å². The largest absolute Gasteiger partial charge is 0.342 e. The molecule has 0 spiro atoms. The zero-order valence-electron chi connectivity index (χ0n) is 10.0. The SMILES string of the molecule is CC(N)C1CCN(C(=O)C2CCSC2)CC1. The van der Waals surface area contributed by atoms with Gasteiger partial charge in [-0.2, -0.15) is 11.8 Å². The number of likely N-dealkylation sites (tertiary alicyclic amines) is 1. The van der Waals surface area contributed by atoms with E-state index in [2.05, 4.69) is 11.8 Å². The second-order valence-corrected chi connectivity index (χ2v) is 6.23. The van der Waals surface area contributed by atoms with Gasteiger partial charge in [0, 0.05) is 30.8 Å². The van der Waals surface area contributed by atoms with Gasteiger partial charge in [0.05, 0.1) is 0 Å². The van der Waals surface area contributed by atoms with Crippen molar-refractivity contribution in [2.24, 2.45) is 17.6 Å². The summed E-state index contributed by atoms with van der Waals surface area (Å²) in [4.78, 5) is 14.2. The summed E-state index contributed by atoms with van der Waals surface area (Å²) in [5.74, 6) is 3.51. The number of piperidine rings is 1. The van der Waals surface area contributed by atoms with E-state index < -0.39 is 0 Å². The molecule has 16 heavy (non-hydrogen) atoms. The van der Waals surface area contributed by atoms with E-state index in [0.29, 0.717) is 17.7 Å². The third kappa shape index (κ3) is 2.72. The average Bonchev–Trinajstić information content (AvgIpc) is 2.81. The molecule has 0 aromatic carbocycles. The van der Waals surface area contributed by atoms with Crippen molar-refractivity contribution < 1.29 is 4.79 Å². The molecule has 3 nitrogen and oxygen atoms in total. The fraction of sp³-hybridized carbons (Fsp3) is 0.917. The van der Waals surface area contributed by atoms with E-state index in [9.17, 15) is 4.79 Å². The summed E-state index contributed by atoms with van der Waals surface area (Å²) in [7, 11) is 0. The first kappa shape index (κ1) is 12.2. The van der Waals surface area contributed by atoms with E-state index in [1.807, 2.05) is 11.8 Å². The first-order valence-corrected chi connectivity index (χ1v) is 7.46. The summed E-state index contributed by atoms with van der Waals surface area (Å²) in [5.41, 5.74) is 5.90. The van der Waals surface area contributed by atoms with Crippen LogP contribution in [0, 0.1) is 11.8 Å². The van der Waals surface area contributed by atoms with Crippen molar-refractivity contribution >= 4 is 17.7 Å². The van der Waals surface area contributed by atoms with Crippen molar-refractivity contribution in [3.05, 3.63) is 0 Å². The lowest BCUT2D eigenvalue weighted by Gasteiger charge is -2.35. The molecule has 2 saturated heterocycles. The maximum atomic E-state index is 12.2. The molecule has 0 aliphatic carbocycles. The number of hydrogen-bond donors (Lipinski definition) is 1. The molecule has 2 atom stereocenters. The van der Waals surface area contributed by atoms with Crippen LogP contribution in [0.15, 0.2) is 0 Å². The highest BCUT2D eigenvalue weighted by atomic mass is 32.2. The lowest BCUT2D eigenvalue weighted by atomic mass is 9.90. The summed E-state index contributed by atoms with van der Waals surface area (Å²) in [6.45, 7) is 3.92. The highest BCUT2D eigenvalue weighted by Gasteiger charge is 2.30. The van der Waals surface area contributed by atoms with E-state index >= 15 is 0 Å². The van der Waals surface area contributed by atoms with Crippen LogP contribution in [-0.4, -0.2) is 41.4 Å². The van der Waals surface area contributed by atoms with Crippen molar-refractivity contribution in [2.75, 3.05) is 24.6 Å². The number of amides is 1. The molecular weight excluding hydrogens is 220 g/mol. The molecule has 2 rings (SSSR count). The molecule has 2 heterocycles. The molecule has 2 aliphatic heterocycles. The molecule has 0 aromatic heterocycles. The van der Waals surface area contributed by atoms with Crippen molar-refractivity contribution in [1.29, 1.82) is 0 Å². The summed E-state index contributed by atoms with van der Waals surface area (Å²) in [5, 5.41) is 0. The van der Waals surface area contributed by atoms with Crippen LogP contribution >= 0.6 is 11.8 Å². The van der Waals surface area contributed by atoms with Crippen LogP contribution in [0.1, 0.15) is 26.2 Å². The Kier molecular flexibility index (Phi) is 4.14. The fourth-order valence-electron chi connectivity index (χ4n) is 2.63. The molecule has 2 aliphatic rings. The number of hydrogen-bond acceptors (Lipinski definition) is 3. The number of rotatable bonds is 2. The molecule has 92 valence electrons. The average molecular weight is 242 g/mol. The summed E-state index contributed by atoms with van der Waals surface area (Å²) >= 11 is 1.91. The highest BCUT2D eigenvalue weighted by molar-refractivity contribution is 7.99. The molecule has 4 heteroatoms. The molecule has 0 bridgehead atoms. The molecule has 2 unspecified atom stereocenters. The molecule has 0 radical (unpaired) electrons. The van der Waals surface area contributed by atoms with Gasteiger partial charge < -0.3 is 10.6 Å². The molecule has 1 amide bonds. The van der Waals surface area contributed by atoms with Crippen molar-refractivity contribution in [1.82, 2.24) is 4.90 Å². The molecular formula is C12H22N2OS. The third-order valence-electron chi connectivity index (χ3n) is 3.87. The van der Waals surface area contributed by atoms with Crippen LogP contribution in [0.5, 0.6) is 0 Å². The van der Waals surface area contributed by atoms with Gasteiger partial charge in [0.25, 0.3) is 0 Å². The second-order valence-electron chi connectivity index (χ2n) is 5.08. The number of carbonyl (C=O) groups excluding carboxylic acids is 1. The van der Waals surface area contributed by atoms with Gasteiger partial charge in [-0.15, -0.1) is 0 Å². The Bertz CT molecular complexity index is 243. The number of nitrogens with two attached hydrogens (primary N) is 1. The Morgan fingerprint density at radius 3 is 2.56 bits per heavy atom. The topological polar surface area (TPSA) is 46.3 Å². The van der Waals surface area contributed by atoms with Crippen LogP contribution in [0.2, 0.25) is 0 Å². The van der Waals surface area contributed by atoms with Gasteiger partial charge in [-0.05, 0) is 37.9 Å². The molecule has 2 fully saturated rings. The van der Waals surface area contributed by atoms with Crippen molar-refractivity contribution in [3.8, 4) is 0 Å². The van der Waals surface area contributed by atoms with Gasteiger partial charge in [0.2, 0.25) is 5.91 Å². The first-order valence-electron chi connectivity index (χ1n) is 6.30. The summed E-state index contributed by atoms with van der Waals surface area (Å²) in [6.07, 6.45) is 3.25.